The first-order chi connectivity index (χ1) is 8.06. The molecule has 0 N–H and O–H groups in total. The zero-order valence-electron chi connectivity index (χ0n) is 12.2. The summed E-state index contributed by atoms with van der Waals surface area (Å²) in [6, 6.07) is 1.02. The van der Waals surface area contributed by atoms with E-state index in [1.807, 2.05) is 0 Å². The third kappa shape index (κ3) is 4.61. The molecule has 0 aromatic carbocycles. The van der Waals surface area contributed by atoms with E-state index in [4.69, 9.17) is 9.98 Å². The summed E-state index contributed by atoms with van der Waals surface area (Å²) in [6.45, 7) is 11.0. The van der Waals surface area contributed by atoms with Crippen molar-refractivity contribution in [3.63, 3.8) is 0 Å². The quantitative estimate of drug-likeness (QED) is 0.651. The number of hydrogen-bond acceptors (Lipinski definition) is 2. The maximum atomic E-state index is 4.87. The molecule has 17 heavy (non-hydrogen) atoms. The van der Waals surface area contributed by atoms with Crippen LogP contribution in [0.3, 0.4) is 0 Å². The Morgan fingerprint density at radius 3 is 2.18 bits per heavy atom. The monoisotopic (exact) mass is 236 g/mol. The lowest BCUT2D eigenvalue weighted by molar-refractivity contribution is 0.303. The Morgan fingerprint density at radius 2 is 1.59 bits per heavy atom. The van der Waals surface area contributed by atoms with Crippen LogP contribution in [0.2, 0.25) is 0 Å². The highest BCUT2D eigenvalue weighted by molar-refractivity contribution is 5.82. The molecule has 1 saturated carbocycles. The summed E-state index contributed by atoms with van der Waals surface area (Å²) in [5, 5.41) is 0. The van der Waals surface area contributed by atoms with Gasteiger partial charge in [0, 0.05) is 11.4 Å². The van der Waals surface area contributed by atoms with Crippen LogP contribution in [0.1, 0.15) is 66.7 Å². The molecule has 98 valence electrons. The fourth-order valence-corrected chi connectivity index (χ4v) is 2.35. The molecule has 0 bridgehead atoms. The van der Waals surface area contributed by atoms with Crippen LogP contribution in [0, 0.1) is 5.92 Å². The average molecular weight is 236 g/mol. The Kier molecular flexibility index (Phi) is 5.87. The Hall–Kier alpha value is -0.660. The molecule has 0 aromatic rings. The maximum absolute atomic E-state index is 4.87. The van der Waals surface area contributed by atoms with E-state index >= 15 is 0 Å². The van der Waals surface area contributed by atoms with Gasteiger partial charge < -0.3 is 0 Å². The standard InChI is InChI=1S/C15H28N2/c1-6-12(4)16-14-9-8-11(3)15(10-14)17-13(5)7-2/h11,14-15H,6-10H2,1-5H3. The topological polar surface area (TPSA) is 24.7 Å². The second-order valence-corrected chi connectivity index (χ2v) is 5.45. The lowest BCUT2D eigenvalue weighted by Gasteiger charge is -2.30. The minimum Gasteiger partial charge on any atom is -0.291 e. The summed E-state index contributed by atoms with van der Waals surface area (Å²) in [5.74, 6) is 0.727. The fraction of sp³-hybridized carbons (Fsp3) is 0.867. The molecule has 0 aliphatic heterocycles. The van der Waals surface area contributed by atoms with Gasteiger partial charge >= 0.3 is 0 Å². The molecule has 2 heteroatoms. The molecule has 0 amide bonds. The molecule has 1 fully saturated rings. The van der Waals surface area contributed by atoms with Crippen LogP contribution in [-0.4, -0.2) is 23.5 Å². The zero-order valence-corrected chi connectivity index (χ0v) is 12.2. The van der Waals surface area contributed by atoms with Gasteiger partial charge in [0.2, 0.25) is 0 Å². The van der Waals surface area contributed by atoms with Crippen molar-refractivity contribution >= 4 is 11.4 Å². The van der Waals surface area contributed by atoms with Crippen LogP contribution in [-0.2, 0) is 0 Å². The molecule has 2 nitrogen and oxygen atoms in total. The molecule has 0 saturated heterocycles. The molecule has 1 aliphatic rings. The van der Waals surface area contributed by atoms with Gasteiger partial charge in [-0.25, -0.2) is 0 Å². The van der Waals surface area contributed by atoms with Gasteiger partial charge in [0.05, 0.1) is 12.1 Å². The van der Waals surface area contributed by atoms with Crippen LogP contribution in [0.5, 0.6) is 0 Å². The molecular weight excluding hydrogens is 208 g/mol. The van der Waals surface area contributed by atoms with Crippen molar-refractivity contribution in [1.29, 1.82) is 0 Å². The van der Waals surface area contributed by atoms with E-state index in [1.54, 1.807) is 0 Å². The second kappa shape index (κ2) is 6.93. The lowest BCUT2D eigenvalue weighted by atomic mass is 9.83. The second-order valence-electron chi connectivity index (χ2n) is 5.45. The Bertz CT molecular complexity index is 291. The summed E-state index contributed by atoms with van der Waals surface area (Å²) in [6.07, 6.45) is 5.82. The summed E-state index contributed by atoms with van der Waals surface area (Å²) in [5.41, 5.74) is 2.58. The summed E-state index contributed by atoms with van der Waals surface area (Å²) in [7, 11) is 0. The fourth-order valence-electron chi connectivity index (χ4n) is 2.35. The van der Waals surface area contributed by atoms with Crippen molar-refractivity contribution in [3.05, 3.63) is 0 Å². The first-order valence-electron chi connectivity index (χ1n) is 7.13. The molecule has 0 radical (unpaired) electrons. The smallest absolute Gasteiger partial charge is 0.0544 e. The molecule has 1 rings (SSSR count). The minimum atomic E-state index is 0.502. The van der Waals surface area contributed by atoms with Crippen molar-refractivity contribution in [2.45, 2.75) is 78.8 Å². The zero-order chi connectivity index (χ0) is 12.8. The summed E-state index contributed by atoms with van der Waals surface area (Å²) >= 11 is 0. The highest BCUT2D eigenvalue weighted by Crippen LogP contribution is 2.29. The van der Waals surface area contributed by atoms with Gasteiger partial charge in [-0.3, -0.25) is 9.98 Å². The van der Waals surface area contributed by atoms with Gasteiger partial charge in [-0.2, -0.15) is 0 Å². The highest BCUT2D eigenvalue weighted by atomic mass is 14.9. The van der Waals surface area contributed by atoms with Gasteiger partial charge in [-0.05, 0) is 51.9 Å². The van der Waals surface area contributed by atoms with Crippen molar-refractivity contribution in [2.75, 3.05) is 0 Å². The van der Waals surface area contributed by atoms with E-state index < -0.39 is 0 Å². The first-order valence-corrected chi connectivity index (χ1v) is 7.13. The highest BCUT2D eigenvalue weighted by Gasteiger charge is 2.27. The van der Waals surface area contributed by atoms with Crippen molar-refractivity contribution < 1.29 is 0 Å². The van der Waals surface area contributed by atoms with E-state index in [2.05, 4.69) is 34.6 Å². The summed E-state index contributed by atoms with van der Waals surface area (Å²) in [4.78, 5) is 9.69. The molecule has 1 aliphatic carbocycles. The number of nitrogens with zero attached hydrogens (tertiary/aromatic N) is 2. The number of rotatable bonds is 4. The minimum absolute atomic E-state index is 0.502. The van der Waals surface area contributed by atoms with E-state index in [0.717, 1.165) is 25.2 Å². The first kappa shape index (κ1) is 14.4. The number of hydrogen-bond donors (Lipinski definition) is 0. The van der Waals surface area contributed by atoms with Gasteiger partial charge in [0.1, 0.15) is 0 Å². The molecule has 0 aromatic heterocycles. The van der Waals surface area contributed by atoms with Crippen LogP contribution in [0.25, 0.3) is 0 Å². The Balaban J connectivity index is 2.65. The lowest BCUT2D eigenvalue weighted by Crippen LogP contribution is -2.29. The van der Waals surface area contributed by atoms with Crippen molar-refractivity contribution in [2.24, 2.45) is 15.9 Å². The SMILES string of the molecule is CCC(C)=NC1CCC(C)C(N=C(C)CC)C1. The molecule has 0 heterocycles. The van der Waals surface area contributed by atoms with Gasteiger partial charge in [-0.15, -0.1) is 0 Å². The maximum Gasteiger partial charge on any atom is 0.0544 e. The average Bonchev–Trinajstić information content (AvgIpc) is 2.33. The third-order valence-corrected chi connectivity index (χ3v) is 3.94. The largest absolute Gasteiger partial charge is 0.291 e. The molecule has 3 atom stereocenters. The molecule has 0 spiro atoms. The van der Waals surface area contributed by atoms with E-state index in [0.29, 0.717) is 12.1 Å². The van der Waals surface area contributed by atoms with Gasteiger partial charge in [0.15, 0.2) is 0 Å². The van der Waals surface area contributed by atoms with E-state index in [9.17, 15) is 0 Å². The molecular formula is C15H28N2. The van der Waals surface area contributed by atoms with Crippen molar-refractivity contribution in [3.8, 4) is 0 Å². The normalized spacial score (nSPS) is 31.7. The predicted molar refractivity (Wildman–Crippen MR) is 77.4 cm³/mol. The van der Waals surface area contributed by atoms with Crippen LogP contribution in [0.15, 0.2) is 9.98 Å². The predicted octanol–water partition coefficient (Wildman–Crippen LogP) is 4.29. The summed E-state index contributed by atoms with van der Waals surface area (Å²) < 4.78 is 0. The Labute approximate surface area is 107 Å². The Morgan fingerprint density at radius 1 is 1.00 bits per heavy atom. The number of aliphatic imine (C=N–C) groups is 2. The molecule has 3 unspecified atom stereocenters. The third-order valence-electron chi connectivity index (χ3n) is 3.94. The van der Waals surface area contributed by atoms with Crippen LogP contribution in [0.4, 0.5) is 0 Å². The van der Waals surface area contributed by atoms with Crippen LogP contribution < -0.4 is 0 Å². The van der Waals surface area contributed by atoms with E-state index in [-0.39, 0.29) is 0 Å². The van der Waals surface area contributed by atoms with Gasteiger partial charge in [0.25, 0.3) is 0 Å². The van der Waals surface area contributed by atoms with E-state index in [1.165, 1.54) is 24.3 Å². The van der Waals surface area contributed by atoms with Gasteiger partial charge in [-0.1, -0.05) is 20.8 Å². The van der Waals surface area contributed by atoms with Crippen molar-refractivity contribution in [1.82, 2.24) is 0 Å². The van der Waals surface area contributed by atoms with Crippen LogP contribution >= 0.6 is 0 Å².